The van der Waals surface area contributed by atoms with Gasteiger partial charge in [0.1, 0.15) is 6.04 Å². The Bertz CT molecular complexity index is 1190. The van der Waals surface area contributed by atoms with Crippen LogP contribution >= 0.6 is 0 Å². The molecule has 1 atom stereocenters. The van der Waals surface area contributed by atoms with E-state index in [9.17, 15) is 19.5 Å². The fraction of sp³-hybridized carbons (Fsp3) is 0.269. The van der Waals surface area contributed by atoms with Crippen molar-refractivity contribution in [3.63, 3.8) is 0 Å². The molecule has 9 nitrogen and oxygen atoms in total. The van der Waals surface area contributed by atoms with E-state index in [-0.39, 0.29) is 18.2 Å². The highest BCUT2D eigenvalue weighted by Gasteiger charge is 2.29. The van der Waals surface area contributed by atoms with Crippen LogP contribution in [0.1, 0.15) is 29.7 Å². The molecule has 3 aromatic rings. The third-order valence-electron chi connectivity index (χ3n) is 5.80. The van der Waals surface area contributed by atoms with Crippen molar-refractivity contribution in [3.05, 3.63) is 83.9 Å². The topological polar surface area (TPSA) is 127 Å². The summed E-state index contributed by atoms with van der Waals surface area (Å²) in [5.41, 5.74) is 3.82. The molecule has 35 heavy (non-hydrogen) atoms. The molecule has 4 rings (SSSR count). The first-order valence-corrected chi connectivity index (χ1v) is 11.4. The molecule has 1 aliphatic heterocycles. The summed E-state index contributed by atoms with van der Waals surface area (Å²) >= 11 is 0. The average Bonchev–Trinajstić information content (AvgIpc) is 2.98. The minimum Gasteiger partial charge on any atom is -0.550 e. The van der Waals surface area contributed by atoms with E-state index in [4.69, 9.17) is 0 Å². The van der Waals surface area contributed by atoms with Crippen LogP contribution in [0.2, 0.25) is 0 Å². The first kappa shape index (κ1) is 23.9. The Labute approximate surface area is 203 Å². The van der Waals surface area contributed by atoms with Crippen LogP contribution in [0, 0.1) is 0 Å². The maximum absolute atomic E-state index is 13.1. The molecule has 0 fully saturated rings. The van der Waals surface area contributed by atoms with Gasteiger partial charge >= 0.3 is 0 Å². The molecule has 2 amide bonds. The van der Waals surface area contributed by atoms with Crippen molar-refractivity contribution in [1.29, 1.82) is 0 Å². The summed E-state index contributed by atoms with van der Waals surface area (Å²) in [6.07, 6.45) is 5.68. The lowest BCUT2D eigenvalue weighted by molar-refractivity contribution is -0.305. The Balaban J connectivity index is 1.47. The number of hydrogen-bond acceptors (Lipinski definition) is 7. The summed E-state index contributed by atoms with van der Waals surface area (Å²) in [5, 5.41) is 17.2. The Morgan fingerprint density at radius 3 is 2.69 bits per heavy atom. The number of aryl methyl sites for hydroxylation is 1. The van der Waals surface area contributed by atoms with E-state index in [0.717, 1.165) is 16.8 Å². The molecule has 1 unspecified atom stereocenters. The molecule has 0 bridgehead atoms. The van der Waals surface area contributed by atoms with Gasteiger partial charge in [0, 0.05) is 61.9 Å². The summed E-state index contributed by atoms with van der Waals surface area (Å²) in [7, 11) is 0. The number of nitrogens with zero attached hydrogens (tertiary/aromatic N) is 3. The van der Waals surface area contributed by atoms with E-state index in [2.05, 4.69) is 20.6 Å². The zero-order valence-corrected chi connectivity index (χ0v) is 19.1. The molecule has 180 valence electrons. The molecule has 1 aliphatic rings. The van der Waals surface area contributed by atoms with E-state index < -0.39 is 18.4 Å². The first-order chi connectivity index (χ1) is 17.0. The van der Waals surface area contributed by atoms with Gasteiger partial charge in [-0.05, 0) is 36.1 Å². The Morgan fingerprint density at radius 2 is 1.94 bits per heavy atom. The van der Waals surface area contributed by atoms with Gasteiger partial charge in [0.2, 0.25) is 11.8 Å². The Morgan fingerprint density at radius 1 is 1.11 bits per heavy atom. The monoisotopic (exact) mass is 472 g/mol. The molecule has 0 radical (unpaired) electrons. The number of carbonyl (C=O) groups is 3. The lowest BCUT2D eigenvalue weighted by Gasteiger charge is -2.25. The van der Waals surface area contributed by atoms with E-state index in [1.54, 1.807) is 35.6 Å². The van der Waals surface area contributed by atoms with Crippen LogP contribution < -0.4 is 15.7 Å². The number of aromatic nitrogens is 2. The van der Waals surface area contributed by atoms with Crippen LogP contribution in [0.5, 0.6) is 0 Å². The minimum atomic E-state index is -1.31. The number of aliphatic carboxylic acids is 1. The van der Waals surface area contributed by atoms with Crippen molar-refractivity contribution in [2.45, 2.75) is 38.3 Å². The number of carboxylic acids is 1. The molecular formula is C26H26N5O4-. The molecule has 9 heteroatoms. The third-order valence-corrected chi connectivity index (χ3v) is 5.80. The van der Waals surface area contributed by atoms with E-state index in [1.165, 1.54) is 0 Å². The quantitative estimate of drug-likeness (QED) is 0.484. The highest BCUT2D eigenvalue weighted by Crippen LogP contribution is 2.27. The molecule has 0 aliphatic carbocycles. The number of hydrogen-bond donors (Lipinski definition) is 2. The lowest BCUT2D eigenvalue weighted by atomic mass is 10.1. The molecule has 2 N–H and O–H groups in total. The van der Waals surface area contributed by atoms with E-state index in [0.29, 0.717) is 37.3 Å². The van der Waals surface area contributed by atoms with Gasteiger partial charge in [-0.25, -0.2) is 0 Å². The van der Waals surface area contributed by atoms with Gasteiger partial charge in [0.15, 0.2) is 0 Å². The molecular weight excluding hydrogens is 446 g/mol. The zero-order chi connectivity index (χ0) is 24.6. The third kappa shape index (κ3) is 6.63. The Hall–Kier alpha value is -4.27. The van der Waals surface area contributed by atoms with Crippen molar-refractivity contribution in [3.8, 4) is 0 Å². The molecule has 0 saturated carbocycles. The van der Waals surface area contributed by atoms with Crippen molar-refractivity contribution in [2.75, 3.05) is 17.2 Å². The number of carbonyl (C=O) groups excluding carboxylic acids is 3. The lowest BCUT2D eigenvalue weighted by Crippen LogP contribution is -2.44. The van der Waals surface area contributed by atoms with Crippen molar-refractivity contribution < 1.29 is 19.5 Å². The fourth-order valence-corrected chi connectivity index (χ4v) is 4.01. The summed E-state index contributed by atoms with van der Waals surface area (Å²) < 4.78 is 0. The number of anilines is 2. The van der Waals surface area contributed by atoms with Gasteiger partial charge in [0.25, 0.3) is 0 Å². The number of rotatable bonds is 9. The van der Waals surface area contributed by atoms with Crippen LogP contribution in [0.15, 0.2) is 67.1 Å². The normalized spacial score (nSPS) is 15.0. The predicted octanol–water partition coefficient (Wildman–Crippen LogP) is 1.55. The van der Waals surface area contributed by atoms with Gasteiger partial charge in [-0.1, -0.05) is 36.4 Å². The highest BCUT2D eigenvalue weighted by molar-refractivity contribution is 5.93. The second-order valence-corrected chi connectivity index (χ2v) is 8.39. The number of fused-ring (bicyclic) bond motifs is 1. The first-order valence-electron chi connectivity index (χ1n) is 11.4. The van der Waals surface area contributed by atoms with Gasteiger partial charge in [-0.15, -0.1) is 0 Å². The largest absolute Gasteiger partial charge is 0.550 e. The summed E-state index contributed by atoms with van der Waals surface area (Å²) in [5.74, 6) is -1.79. The number of nitrogens with one attached hydrogen (secondary N) is 2. The maximum Gasteiger partial charge on any atom is 0.245 e. The Kier molecular flexibility index (Phi) is 7.67. The number of carboxylic acid groups (broad SMARTS) is 1. The van der Waals surface area contributed by atoms with Crippen LogP contribution in [-0.2, 0) is 33.8 Å². The molecule has 0 spiro atoms. The van der Waals surface area contributed by atoms with Crippen LogP contribution in [-0.4, -0.2) is 45.2 Å². The van der Waals surface area contributed by atoms with E-state index in [1.807, 2.05) is 36.4 Å². The molecule has 2 heterocycles. The highest BCUT2D eigenvalue weighted by atomic mass is 16.4. The maximum atomic E-state index is 13.1. The standard InChI is InChI=1S/C26H27N5O4/c32-24(9-8-21-16-27-11-12-28-21)29-20-7-6-19-17-31(13-10-18-4-2-1-3-5-18)26(35)23(15-25(33)34)30-22(19)14-20/h1-7,11-12,14,16,23,30H,8-10,13,15,17H2,(H,29,32)(H,33,34)/p-1. The number of amides is 2. The summed E-state index contributed by atoms with van der Waals surface area (Å²) in [6.45, 7) is 0.785. The van der Waals surface area contributed by atoms with Crippen molar-refractivity contribution in [2.24, 2.45) is 0 Å². The van der Waals surface area contributed by atoms with E-state index >= 15 is 0 Å². The summed E-state index contributed by atoms with van der Waals surface area (Å²) in [6, 6.07) is 14.2. The molecule has 1 aromatic heterocycles. The second-order valence-electron chi connectivity index (χ2n) is 8.39. The molecule has 2 aromatic carbocycles. The van der Waals surface area contributed by atoms with Gasteiger partial charge in [-0.2, -0.15) is 0 Å². The fourth-order valence-electron chi connectivity index (χ4n) is 4.01. The molecule has 0 saturated heterocycles. The van der Waals surface area contributed by atoms with Crippen LogP contribution in [0.25, 0.3) is 0 Å². The van der Waals surface area contributed by atoms with Crippen LogP contribution in [0.3, 0.4) is 0 Å². The minimum absolute atomic E-state index is 0.184. The predicted molar refractivity (Wildman–Crippen MR) is 128 cm³/mol. The van der Waals surface area contributed by atoms with Crippen molar-refractivity contribution >= 4 is 29.2 Å². The SMILES string of the molecule is O=C([O-])CC1Nc2cc(NC(=O)CCc3cnccn3)ccc2CN(CCc2ccccc2)C1=O. The second kappa shape index (κ2) is 11.2. The zero-order valence-electron chi connectivity index (χ0n) is 19.1. The van der Waals surface area contributed by atoms with Crippen LogP contribution in [0.4, 0.5) is 11.4 Å². The van der Waals surface area contributed by atoms with Crippen molar-refractivity contribution in [1.82, 2.24) is 14.9 Å². The average molecular weight is 473 g/mol. The summed E-state index contributed by atoms with van der Waals surface area (Å²) in [4.78, 5) is 46.7. The van der Waals surface area contributed by atoms with Gasteiger partial charge in [-0.3, -0.25) is 19.6 Å². The van der Waals surface area contributed by atoms with Gasteiger partial charge in [0.05, 0.1) is 5.69 Å². The smallest absolute Gasteiger partial charge is 0.245 e. The number of benzene rings is 2. The van der Waals surface area contributed by atoms with Gasteiger partial charge < -0.3 is 25.4 Å².